The first kappa shape index (κ1) is 20.8. The van der Waals surface area contributed by atoms with Gasteiger partial charge in [0.25, 0.3) is 0 Å². The molecular formula is C22H32N2O4S. The minimum atomic E-state index is -3.32. The highest BCUT2D eigenvalue weighted by Crippen LogP contribution is 2.36. The highest BCUT2D eigenvalue weighted by Gasteiger charge is 2.43. The molecule has 0 bridgehead atoms. The Bertz CT molecular complexity index is 801. The van der Waals surface area contributed by atoms with Crippen molar-refractivity contribution in [2.75, 3.05) is 19.4 Å². The number of nitrogens with zero attached hydrogens (tertiary/aromatic N) is 1. The Morgan fingerprint density at radius 3 is 2.38 bits per heavy atom. The third kappa shape index (κ3) is 5.38. The summed E-state index contributed by atoms with van der Waals surface area (Å²) in [5, 5.41) is 0. The van der Waals surface area contributed by atoms with E-state index in [1.807, 2.05) is 4.90 Å². The molecule has 4 rings (SSSR count). The average Bonchev–Trinajstić information content (AvgIpc) is 3.48. The van der Waals surface area contributed by atoms with Crippen LogP contribution in [-0.4, -0.2) is 56.8 Å². The Balaban J connectivity index is 1.33. The van der Waals surface area contributed by atoms with Crippen LogP contribution in [0.4, 0.5) is 0 Å². The summed E-state index contributed by atoms with van der Waals surface area (Å²) in [5.74, 6) is 0.898. The zero-order chi connectivity index (χ0) is 20.4. The summed E-state index contributed by atoms with van der Waals surface area (Å²) in [6, 6.07) is 10.2. The van der Waals surface area contributed by atoms with E-state index in [1.54, 1.807) is 0 Å². The lowest BCUT2D eigenvalue weighted by atomic mass is 9.83. The standard InChI is InChI=1S/C22H32N2O4S/c1-29(26,27)23-20-13-14-24(22(25)18-7-8-18)21(20)15-28-19-11-9-17(10-12-19)16-5-3-2-4-6-16/h2-6,17-21,23H,7-15H2,1H3/t17?,19?,20-,21?/m0/s1. The van der Waals surface area contributed by atoms with E-state index in [0.717, 1.165) is 38.5 Å². The van der Waals surface area contributed by atoms with Gasteiger partial charge < -0.3 is 9.64 Å². The normalized spacial score (nSPS) is 30.4. The second-order valence-electron chi connectivity index (χ2n) is 8.88. The van der Waals surface area contributed by atoms with E-state index in [9.17, 15) is 13.2 Å². The fourth-order valence-electron chi connectivity index (χ4n) is 4.83. The zero-order valence-corrected chi connectivity index (χ0v) is 17.9. The summed E-state index contributed by atoms with van der Waals surface area (Å²) in [4.78, 5) is 14.5. The average molecular weight is 421 g/mol. The van der Waals surface area contributed by atoms with Crippen molar-refractivity contribution in [3.63, 3.8) is 0 Å². The number of likely N-dealkylation sites (tertiary alicyclic amines) is 1. The highest BCUT2D eigenvalue weighted by molar-refractivity contribution is 7.88. The van der Waals surface area contributed by atoms with Gasteiger partial charge in [-0.25, -0.2) is 13.1 Å². The van der Waals surface area contributed by atoms with Gasteiger partial charge in [-0.15, -0.1) is 0 Å². The van der Waals surface area contributed by atoms with Crippen molar-refractivity contribution in [2.45, 2.75) is 69.1 Å². The Kier molecular flexibility index (Phi) is 6.27. The summed E-state index contributed by atoms with van der Waals surface area (Å²) in [6.07, 6.45) is 8.16. The second-order valence-corrected chi connectivity index (χ2v) is 10.7. The number of rotatable bonds is 7. The molecule has 6 nitrogen and oxygen atoms in total. The molecular weight excluding hydrogens is 388 g/mol. The van der Waals surface area contributed by atoms with Gasteiger partial charge in [0.1, 0.15) is 0 Å². The number of benzene rings is 1. The summed E-state index contributed by atoms with van der Waals surface area (Å²) in [7, 11) is -3.32. The zero-order valence-electron chi connectivity index (χ0n) is 17.1. The number of carbonyl (C=O) groups is 1. The van der Waals surface area contributed by atoms with Crippen LogP contribution in [0.2, 0.25) is 0 Å². The molecule has 0 spiro atoms. The third-order valence-corrected chi connectivity index (χ3v) is 7.30. The van der Waals surface area contributed by atoms with E-state index in [-0.39, 0.29) is 30.0 Å². The first-order chi connectivity index (χ1) is 13.9. The highest BCUT2D eigenvalue weighted by atomic mass is 32.2. The van der Waals surface area contributed by atoms with Crippen molar-refractivity contribution in [3.05, 3.63) is 35.9 Å². The van der Waals surface area contributed by atoms with Gasteiger partial charge in [0, 0.05) is 18.5 Å². The summed E-state index contributed by atoms with van der Waals surface area (Å²) < 4.78 is 32.5. The molecule has 2 saturated carbocycles. The number of carbonyl (C=O) groups excluding carboxylic acids is 1. The lowest BCUT2D eigenvalue weighted by molar-refractivity contribution is -0.135. The summed E-state index contributed by atoms with van der Waals surface area (Å²) in [5.41, 5.74) is 1.40. The molecule has 1 amide bonds. The summed E-state index contributed by atoms with van der Waals surface area (Å²) >= 11 is 0. The minimum absolute atomic E-state index is 0.135. The molecule has 3 aliphatic rings. The van der Waals surface area contributed by atoms with Crippen LogP contribution in [0.25, 0.3) is 0 Å². The predicted molar refractivity (Wildman–Crippen MR) is 112 cm³/mol. The van der Waals surface area contributed by atoms with Crippen molar-refractivity contribution < 1.29 is 17.9 Å². The quantitative estimate of drug-likeness (QED) is 0.736. The van der Waals surface area contributed by atoms with E-state index < -0.39 is 10.0 Å². The summed E-state index contributed by atoms with van der Waals surface area (Å²) in [6.45, 7) is 1.02. The Morgan fingerprint density at radius 2 is 1.76 bits per heavy atom. The topological polar surface area (TPSA) is 75.7 Å². The second kappa shape index (κ2) is 8.74. The fraction of sp³-hybridized carbons (Fsp3) is 0.682. The van der Waals surface area contributed by atoms with Crippen molar-refractivity contribution >= 4 is 15.9 Å². The van der Waals surface area contributed by atoms with Crippen LogP contribution in [-0.2, 0) is 19.6 Å². The predicted octanol–water partition coefficient (Wildman–Crippen LogP) is 2.66. The molecule has 1 aliphatic heterocycles. The monoisotopic (exact) mass is 420 g/mol. The fourth-order valence-corrected chi connectivity index (χ4v) is 5.66. The van der Waals surface area contributed by atoms with Gasteiger partial charge in [-0.1, -0.05) is 30.3 Å². The lowest BCUT2D eigenvalue weighted by Gasteiger charge is -2.33. The van der Waals surface area contributed by atoms with Crippen LogP contribution in [0.15, 0.2) is 30.3 Å². The number of ether oxygens (including phenoxy) is 1. The number of hydrogen-bond acceptors (Lipinski definition) is 4. The van der Waals surface area contributed by atoms with Crippen molar-refractivity contribution in [2.24, 2.45) is 5.92 Å². The van der Waals surface area contributed by atoms with Gasteiger partial charge in [-0.05, 0) is 56.4 Å². The molecule has 29 heavy (non-hydrogen) atoms. The lowest BCUT2D eigenvalue weighted by Crippen LogP contribution is -2.49. The first-order valence-corrected chi connectivity index (χ1v) is 12.7. The van der Waals surface area contributed by atoms with Crippen LogP contribution in [0.3, 0.4) is 0 Å². The van der Waals surface area contributed by atoms with Gasteiger partial charge in [0.2, 0.25) is 15.9 Å². The van der Waals surface area contributed by atoms with Crippen molar-refractivity contribution in [1.29, 1.82) is 0 Å². The molecule has 2 aliphatic carbocycles. The molecule has 3 fully saturated rings. The van der Waals surface area contributed by atoms with Gasteiger partial charge >= 0.3 is 0 Å². The first-order valence-electron chi connectivity index (χ1n) is 10.8. The molecule has 160 valence electrons. The smallest absolute Gasteiger partial charge is 0.226 e. The molecule has 2 atom stereocenters. The SMILES string of the molecule is CS(=O)(=O)N[C@H]1CCN(C(=O)C2CC2)C1COC1CCC(c2ccccc2)CC1. The van der Waals surface area contributed by atoms with E-state index in [0.29, 0.717) is 25.5 Å². The number of hydrogen-bond donors (Lipinski definition) is 1. The largest absolute Gasteiger partial charge is 0.376 e. The van der Waals surface area contributed by atoms with E-state index in [1.165, 1.54) is 11.8 Å². The van der Waals surface area contributed by atoms with Gasteiger partial charge in [-0.3, -0.25) is 4.79 Å². The van der Waals surface area contributed by atoms with Crippen LogP contribution in [0.1, 0.15) is 56.4 Å². The van der Waals surface area contributed by atoms with Crippen LogP contribution < -0.4 is 4.72 Å². The minimum Gasteiger partial charge on any atom is -0.376 e. The maximum atomic E-state index is 12.7. The van der Waals surface area contributed by atoms with Crippen LogP contribution in [0, 0.1) is 5.92 Å². The molecule has 0 aromatic heterocycles. The maximum Gasteiger partial charge on any atom is 0.226 e. The number of amides is 1. The Hall–Kier alpha value is -1.44. The molecule has 1 aromatic carbocycles. The maximum absolute atomic E-state index is 12.7. The van der Waals surface area contributed by atoms with Crippen molar-refractivity contribution in [3.8, 4) is 0 Å². The van der Waals surface area contributed by atoms with Gasteiger partial charge in [0.15, 0.2) is 0 Å². The van der Waals surface area contributed by atoms with E-state index in [4.69, 9.17) is 4.74 Å². The molecule has 1 heterocycles. The Labute approximate surface area is 174 Å². The van der Waals surface area contributed by atoms with Crippen molar-refractivity contribution in [1.82, 2.24) is 9.62 Å². The van der Waals surface area contributed by atoms with E-state index in [2.05, 4.69) is 35.1 Å². The molecule has 1 N–H and O–H groups in total. The van der Waals surface area contributed by atoms with E-state index >= 15 is 0 Å². The van der Waals surface area contributed by atoms with Crippen LogP contribution >= 0.6 is 0 Å². The van der Waals surface area contributed by atoms with Crippen LogP contribution in [0.5, 0.6) is 0 Å². The molecule has 0 radical (unpaired) electrons. The molecule has 7 heteroatoms. The number of sulfonamides is 1. The molecule has 1 saturated heterocycles. The van der Waals surface area contributed by atoms with Gasteiger partial charge in [-0.2, -0.15) is 0 Å². The molecule has 1 unspecified atom stereocenters. The number of nitrogens with one attached hydrogen (secondary N) is 1. The Morgan fingerprint density at radius 1 is 1.07 bits per heavy atom. The van der Waals surface area contributed by atoms with Gasteiger partial charge in [0.05, 0.1) is 25.0 Å². The third-order valence-electron chi connectivity index (χ3n) is 6.57. The molecule has 1 aromatic rings.